The molecule has 1 aliphatic carbocycles. The molecule has 2 heteroatoms. The molecular formula is C8H17NO. The third kappa shape index (κ3) is 1.96. The zero-order valence-electron chi connectivity index (χ0n) is 6.68. The lowest BCUT2D eigenvalue weighted by molar-refractivity contribution is 0.119. The molecule has 0 radical (unpaired) electrons. The minimum atomic E-state index is 0.397. The monoisotopic (exact) mass is 143 g/mol. The SMILES string of the molecule is COC[C@H]1CCCC[C@@H]1N. The molecule has 2 N–H and O–H groups in total. The van der Waals surface area contributed by atoms with Gasteiger partial charge in [0, 0.05) is 13.2 Å². The van der Waals surface area contributed by atoms with Crippen LogP contribution in [0.5, 0.6) is 0 Å². The molecule has 0 aromatic rings. The first kappa shape index (κ1) is 8.02. The van der Waals surface area contributed by atoms with Crippen molar-refractivity contribution >= 4 is 0 Å². The van der Waals surface area contributed by atoms with Gasteiger partial charge in [-0.1, -0.05) is 12.8 Å². The normalized spacial score (nSPS) is 34.2. The molecule has 60 valence electrons. The first-order valence-corrected chi connectivity index (χ1v) is 4.09. The zero-order chi connectivity index (χ0) is 7.40. The summed E-state index contributed by atoms with van der Waals surface area (Å²) in [5.41, 5.74) is 5.89. The molecule has 0 heterocycles. The molecule has 0 amide bonds. The van der Waals surface area contributed by atoms with Crippen LogP contribution in [-0.4, -0.2) is 19.8 Å². The molecule has 2 atom stereocenters. The van der Waals surface area contributed by atoms with Gasteiger partial charge in [-0.3, -0.25) is 0 Å². The van der Waals surface area contributed by atoms with E-state index in [4.69, 9.17) is 10.5 Å². The summed E-state index contributed by atoms with van der Waals surface area (Å²) >= 11 is 0. The van der Waals surface area contributed by atoms with Crippen molar-refractivity contribution in [2.24, 2.45) is 11.7 Å². The van der Waals surface area contributed by atoms with Crippen molar-refractivity contribution in [2.75, 3.05) is 13.7 Å². The number of hydrogen-bond donors (Lipinski definition) is 1. The highest BCUT2D eigenvalue weighted by Crippen LogP contribution is 2.22. The lowest BCUT2D eigenvalue weighted by atomic mass is 9.86. The van der Waals surface area contributed by atoms with Gasteiger partial charge in [0.25, 0.3) is 0 Å². The Morgan fingerprint density at radius 3 is 2.70 bits per heavy atom. The Kier molecular flexibility index (Phi) is 3.16. The predicted molar refractivity (Wildman–Crippen MR) is 41.8 cm³/mol. The zero-order valence-corrected chi connectivity index (χ0v) is 6.68. The number of ether oxygens (including phenoxy) is 1. The molecule has 1 aliphatic rings. The second kappa shape index (κ2) is 3.94. The Morgan fingerprint density at radius 2 is 2.10 bits per heavy atom. The molecule has 0 aromatic heterocycles. The van der Waals surface area contributed by atoms with E-state index in [0.29, 0.717) is 12.0 Å². The van der Waals surface area contributed by atoms with Crippen molar-refractivity contribution in [1.29, 1.82) is 0 Å². The molecule has 0 aliphatic heterocycles. The highest BCUT2D eigenvalue weighted by Gasteiger charge is 2.20. The van der Waals surface area contributed by atoms with E-state index >= 15 is 0 Å². The molecule has 10 heavy (non-hydrogen) atoms. The lowest BCUT2D eigenvalue weighted by Crippen LogP contribution is -2.35. The van der Waals surface area contributed by atoms with Gasteiger partial charge in [0.15, 0.2) is 0 Å². The van der Waals surface area contributed by atoms with E-state index in [1.165, 1.54) is 25.7 Å². The Balaban J connectivity index is 2.25. The van der Waals surface area contributed by atoms with Crippen molar-refractivity contribution in [2.45, 2.75) is 31.7 Å². The number of methoxy groups -OCH3 is 1. The van der Waals surface area contributed by atoms with Crippen LogP contribution >= 0.6 is 0 Å². The van der Waals surface area contributed by atoms with Crippen molar-refractivity contribution in [1.82, 2.24) is 0 Å². The predicted octanol–water partition coefficient (Wildman–Crippen LogP) is 1.15. The molecule has 0 bridgehead atoms. The van der Waals surface area contributed by atoms with Gasteiger partial charge in [0.05, 0.1) is 6.61 Å². The first-order chi connectivity index (χ1) is 4.84. The van der Waals surface area contributed by atoms with Gasteiger partial charge in [0.2, 0.25) is 0 Å². The highest BCUT2D eigenvalue weighted by molar-refractivity contribution is 4.77. The van der Waals surface area contributed by atoms with E-state index in [0.717, 1.165) is 6.61 Å². The number of nitrogens with two attached hydrogens (primary N) is 1. The van der Waals surface area contributed by atoms with E-state index in [1.54, 1.807) is 7.11 Å². The quantitative estimate of drug-likeness (QED) is 0.629. The Bertz CT molecular complexity index is 93.3. The van der Waals surface area contributed by atoms with Gasteiger partial charge in [-0.25, -0.2) is 0 Å². The summed E-state index contributed by atoms with van der Waals surface area (Å²) in [7, 11) is 1.75. The largest absolute Gasteiger partial charge is 0.384 e. The Morgan fingerprint density at radius 1 is 1.40 bits per heavy atom. The molecule has 1 fully saturated rings. The van der Waals surface area contributed by atoms with Crippen LogP contribution in [-0.2, 0) is 4.74 Å². The second-order valence-corrected chi connectivity index (χ2v) is 3.16. The van der Waals surface area contributed by atoms with Crippen LogP contribution < -0.4 is 5.73 Å². The summed E-state index contributed by atoms with van der Waals surface area (Å²) in [6.45, 7) is 0.848. The van der Waals surface area contributed by atoms with Crippen molar-refractivity contribution < 1.29 is 4.74 Å². The maximum atomic E-state index is 5.89. The fraction of sp³-hybridized carbons (Fsp3) is 1.00. The minimum absolute atomic E-state index is 0.397. The molecule has 1 saturated carbocycles. The van der Waals surface area contributed by atoms with Crippen LogP contribution in [0, 0.1) is 5.92 Å². The summed E-state index contributed by atoms with van der Waals surface area (Å²) in [5.74, 6) is 0.624. The van der Waals surface area contributed by atoms with Gasteiger partial charge in [0.1, 0.15) is 0 Å². The average molecular weight is 143 g/mol. The lowest BCUT2D eigenvalue weighted by Gasteiger charge is -2.27. The molecule has 0 aromatic carbocycles. The fourth-order valence-electron chi connectivity index (χ4n) is 1.66. The molecule has 0 unspecified atom stereocenters. The molecule has 0 saturated heterocycles. The van der Waals surface area contributed by atoms with Crippen LogP contribution in [0.4, 0.5) is 0 Å². The molecular weight excluding hydrogens is 126 g/mol. The number of rotatable bonds is 2. The fourth-order valence-corrected chi connectivity index (χ4v) is 1.66. The summed E-state index contributed by atoms with van der Waals surface area (Å²) in [6.07, 6.45) is 5.09. The summed E-state index contributed by atoms with van der Waals surface area (Å²) < 4.78 is 5.07. The highest BCUT2D eigenvalue weighted by atomic mass is 16.5. The third-order valence-electron chi connectivity index (χ3n) is 2.35. The van der Waals surface area contributed by atoms with Crippen LogP contribution in [0.2, 0.25) is 0 Å². The van der Waals surface area contributed by atoms with Crippen molar-refractivity contribution in [3.8, 4) is 0 Å². The van der Waals surface area contributed by atoms with Crippen LogP contribution in [0.1, 0.15) is 25.7 Å². The first-order valence-electron chi connectivity index (χ1n) is 4.09. The van der Waals surface area contributed by atoms with E-state index < -0.39 is 0 Å². The molecule has 0 spiro atoms. The van der Waals surface area contributed by atoms with E-state index in [2.05, 4.69) is 0 Å². The van der Waals surface area contributed by atoms with Gasteiger partial charge in [-0.2, -0.15) is 0 Å². The Hall–Kier alpha value is -0.0800. The van der Waals surface area contributed by atoms with Crippen molar-refractivity contribution in [3.05, 3.63) is 0 Å². The average Bonchev–Trinajstić information content (AvgIpc) is 1.94. The molecule has 1 rings (SSSR count). The maximum Gasteiger partial charge on any atom is 0.0505 e. The van der Waals surface area contributed by atoms with Gasteiger partial charge >= 0.3 is 0 Å². The van der Waals surface area contributed by atoms with Crippen LogP contribution in [0.15, 0.2) is 0 Å². The summed E-state index contributed by atoms with van der Waals surface area (Å²) in [5, 5.41) is 0. The Labute approximate surface area is 62.7 Å². The number of hydrogen-bond acceptors (Lipinski definition) is 2. The standard InChI is InChI=1S/C8H17NO/c1-10-6-7-4-2-3-5-8(7)9/h7-8H,2-6,9H2,1H3/t7-,8+/m1/s1. The van der Waals surface area contributed by atoms with Gasteiger partial charge in [-0.15, -0.1) is 0 Å². The van der Waals surface area contributed by atoms with Crippen LogP contribution in [0.3, 0.4) is 0 Å². The molecule has 2 nitrogen and oxygen atoms in total. The smallest absolute Gasteiger partial charge is 0.0505 e. The second-order valence-electron chi connectivity index (χ2n) is 3.16. The van der Waals surface area contributed by atoms with Crippen LogP contribution in [0.25, 0.3) is 0 Å². The van der Waals surface area contributed by atoms with Gasteiger partial charge in [-0.05, 0) is 18.8 Å². The van der Waals surface area contributed by atoms with E-state index in [1.807, 2.05) is 0 Å². The topological polar surface area (TPSA) is 35.2 Å². The van der Waals surface area contributed by atoms with E-state index in [-0.39, 0.29) is 0 Å². The van der Waals surface area contributed by atoms with Crippen molar-refractivity contribution in [3.63, 3.8) is 0 Å². The maximum absolute atomic E-state index is 5.89. The third-order valence-corrected chi connectivity index (χ3v) is 2.35. The minimum Gasteiger partial charge on any atom is -0.384 e. The summed E-state index contributed by atoms with van der Waals surface area (Å²) in [4.78, 5) is 0. The van der Waals surface area contributed by atoms with E-state index in [9.17, 15) is 0 Å². The van der Waals surface area contributed by atoms with Gasteiger partial charge < -0.3 is 10.5 Å². The summed E-state index contributed by atoms with van der Waals surface area (Å²) in [6, 6.07) is 0.397.